The van der Waals surface area contributed by atoms with Gasteiger partial charge in [0.1, 0.15) is 11.6 Å². The fourth-order valence-electron chi connectivity index (χ4n) is 2.69. The van der Waals surface area contributed by atoms with Gasteiger partial charge in [-0.1, -0.05) is 18.2 Å². The van der Waals surface area contributed by atoms with Gasteiger partial charge in [0.05, 0.1) is 6.61 Å². The first-order valence-electron chi connectivity index (χ1n) is 7.52. The summed E-state index contributed by atoms with van der Waals surface area (Å²) in [5.74, 6) is 1.97. The Morgan fingerprint density at radius 3 is 2.90 bits per heavy atom. The number of benzene rings is 1. The number of rotatable bonds is 5. The Kier molecular flexibility index (Phi) is 4.29. The lowest BCUT2D eigenvalue weighted by Gasteiger charge is -2.04. The van der Waals surface area contributed by atoms with Crippen LogP contribution in [0.3, 0.4) is 0 Å². The van der Waals surface area contributed by atoms with Crippen LogP contribution in [0, 0.1) is 5.82 Å². The van der Waals surface area contributed by atoms with E-state index in [1.54, 1.807) is 6.07 Å². The summed E-state index contributed by atoms with van der Waals surface area (Å²) in [6.07, 6.45) is 2.34. The second-order valence-corrected chi connectivity index (χ2v) is 5.35. The van der Waals surface area contributed by atoms with Gasteiger partial charge in [0.2, 0.25) is 0 Å². The average Bonchev–Trinajstić information content (AvgIpc) is 3.15. The zero-order valence-corrected chi connectivity index (χ0v) is 12.3. The Bertz CT molecular complexity index is 605. The molecule has 0 aliphatic carbocycles. The third-order valence-corrected chi connectivity index (χ3v) is 3.93. The van der Waals surface area contributed by atoms with Crippen LogP contribution in [0.25, 0.3) is 0 Å². The zero-order chi connectivity index (χ0) is 14.7. The van der Waals surface area contributed by atoms with Crippen molar-refractivity contribution in [1.29, 1.82) is 0 Å². The monoisotopic (exact) mass is 289 g/mol. The van der Waals surface area contributed by atoms with Crippen LogP contribution < -0.4 is 0 Å². The van der Waals surface area contributed by atoms with Crippen LogP contribution in [0.4, 0.5) is 4.39 Å². The molecule has 2 heterocycles. The first-order valence-corrected chi connectivity index (χ1v) is 7.52. The molecule has 3 rings (SSSR count). The fourth-order valence-corrected chi connectivity index (χ4v) is 2.69. The van der Waals surface area contributed by atoms with E-state index >= 15 is 0 Å². The van der Waals surface area contributed by atoms with Crippen molar-refractivity contribution in [1.82, 2.24) is 14.8 Å². The first-order chi connectivity index (χ1) is 10.3. The van der Waals surface area contributed by atoms with Crippen LogP contribution in [-0.4, -0.2) is 28.0 Å². The van der Waals surface area contributed by atoms with Gasteiger partial charge in [0.15, 0.2) is 5.82 Å². The van der Waals surface area contributed by atoms with Crippen molar-refractivity contribution in [3.05, 3.63) is 47.3 Å². The van der Waals surface area contributed by atoms with E-state index in [4.69, 9.17) is 4.74 Å². The molecule has 1 aromatic heterocycles. The maximum Gasteiger partial charge on any atom is 0.156 e. The van der Waals surface area contributed by atoms with Gasteiger partial charge in [-0.05, 0) is 31.4 Å². The lowest BCUT2D eigenvalue weighted by Crippen LogP contribution is -2.06. The summed E-state index contributed by atoms with van der Waals surface area (Å²) in [6.45, 7) is 4.33. The predicted molar refractivity (Wildman–Crippen MR) is 77.7 cm³/mol. The minimum Gasteiger partial charge on any atom is -0.381 e. The van der Waals surface area contributed by atoms with Crippen molar-refractivity contribution in [2.45, 2.75) is 38.6 Å². The molecule has 1 fully saturated rings. The molecule has 0 bridgehead atoms. The Hall–Kier alpha value is -1.75. The van der Waals surface area contributed by atoms with Gasteiger partial charge in [-0.3, -0.25) is 4.68 Å². The topological polar surface area (TPSA) is 39.9 Å². The van der Waals surface area contributed by atoms with Gasteiger partial charge >= 0.3 is 0 Å². The first kappa shape index (κ1) is 14.2. The number of hydrogen-bond acceptors (Lipinski definition) is 3. The molecular formula is C16H20FN3O. The van der Waals surface area contributed by atoms with Crippen molar-refractivity contribution in [2.75, 3.05) is 13.2 Å². The largest absolute Gasteiger partial charge is 0.381 e. The van der Waals surface area contributed by atoms with E-state index in [9.17, 15) is 4.39 Å². The highest BCUT2D eigenvalue weighted by Crippen LogP contribution is 2.23. The standard InChI is InChI=1S/C16H20FN3O/c1-2-20-15(8-7-12-5-3-4-6-14(12)17)18-16(19-20)13-9-10-21-11-13/h3-6,13H,2,7-11H2,1H3. The highest BCUT2D eigenvalue weighted by Gasteiger charge is 2.23. The van der Waals surface area contributed by atoms with E-state index in [1.165, 1.54) is 6.07 Å². The second kappa shape index (κ2) is 6.35. The zero-order valence-electron chi connectivity index (χ0n) is 12.3. The summed E-state index contributed by atoms with van der Waals surface area (Å²) >= 11 is 0. The van der Waals surface area contributed by atoms with Gasteiger partial charge in [-0.2, -0.15) is 5.10 Å². The molecule has 2 aromatic rings. The number of aromatic nitrogens is 3. The normalized spacial score (nSPS) is 18.3. The van der Waals surface area contributed by atoms with Crippen LogP contribution >= 0.6 is 0 Å². The molecular weight excluding hydrogens is 269 g/mol. The molecule has 0 N–H and O–H groups in total. The molecule has 1 unspecified atom stereocenters. The molecule has 112 valence electrons. The summed E-state index contributed by atoms with van der Waals surface area (Å²) in [5.41, 5.74) is 0.730. The number of aryl methyl sites for hydroxylation is 3. The number of hydrogen-bond donors (Lipinski definition) is 0. The van der Waals surface area contributed by atoms with E-state index in [1.807, 2.05) is 16.8 Å². The Labute approximate surface area is 124 Å². The molecule has 0 spiro atoms. The summed E-state index contributed by atoms with van der Waals surface area (Å²) in [7, 11) is 0. The van der Waals surface area contributed by atoms with Crippen LogP contribution in [0.15, 0.2) is 24.3 Å². The highest BCUT2D eigenvalue weighted by molar-refractivity contribution is 5.18. The molecule has 4 nitrogen and oxygen atoms in total. The molecule has 1 saturated heterocycles. The molecule has 1 aliphatic heterocycles. The number of halogens is 1. The molecule has 1 aliphatic rings. The van der Waals surface area contributed by atoms with Gasteiger partial charge in [-0.15, -0.1) is 0 Å². The highest BCUT2D eigenvalue weighted by atomic mass is 19.1. The number of ether oxygens (including phenoxy) is 1. The Morgan fingerprint density at radius 2 is 2.19 bits per heavy atom. The molecule has 5 heteroatoms. The van der Waals surface area contributed by atoms with E-state index in [0.29, 0.717) is 25.4 Å². The van der Waals surface area contributed by atoms with Gasteiger partial charge in [0, 0.05) is 25.5 Å². The summed E-state index contributed by atoms with van der Waals surface area (Å²) in [4.78, 5) is 4.66. The minimum atomic E-state index is -0.149. The van der Waals surface area contributed by atoms with Crippen molar-refractivity contribution < 1.29 is 9.13 Å². The van der Waals surface area contributed by atoms with Crippen molar-refractivity contribution in [3.8, 4) is 0 Å². The van der Waals surface area contributed by atoms with Crippen LogP contribution in [0.2, 0.25) is 0 Å². The van der Waals surface area contributed by atoms with Crippen LogP contribution in [-0.2, 0) is 24.1 Å². The Morgan fingerprint density at radius 1 is 1.33 bits per heavy atom. The van der Waals surface area contributed by atoms with Gasteiger partial charge in [0.25, 0.3) is 0 Å². The molecule has 0 saturated carbocycles. The molecule has 21 heavy (non-hydrogen) atoms. The minimum absolute atomic E-state index is 0.149. The smallest absolute Gasteiger partial charge is 0.156 e. The SMILES string of the molecule is CCn1nc(C2CCOC2)nc1CCc1ccccc1F. The summed E-state index contributed by atoms with van der Waals surface area (Å²) in [5, 5.41) is 4.58. The maximum atomic E-state index is 13.7. The van der Waals surface area contributed by atoms with Gasteiger partial charge in [-0.25, -0.2) is 9.37 Å². The Balaban J connectivity index is 1.73. The molecule has 0 radical (unpaired) electrons. The van der Waals surface area contributed by atoms with Gasteiger partial charge < -0.3 is 4.74 Å². The van der Waals surface area contributed by atoms with E-state index in [2.05, 4.69) is 17.0 Å². The van der Waals surface area contributed by atoms with E-state index in [0.717, 1.165) is 36.8 Å². The lowest BCUT2D eigenvalue weighted by atomic mass is 10.1. The van der Waals surface area contributed by atoms with Crippen molar-refractivity contribution in [3.63, 3.8) is 0 Å². The lowest BCUT2D eigenvalue weighted by molar-refractivity contribution is 0.193. The summed E-state index contributed by atoms with van der Waals surface area (Å²) in [6, 6.07) is 6.91. The fraction of sp³-hybridized carbons (Fsp3) is 0.500. The van der Waals surface area contributed by atoms with Crippen LogP contribution in [0.5, 0.6) is 0 Å². The molecule has 1 atom stereocenters. The quantitative estimate of drug-likeness (QED) is 0.849. The second-order valence-electron chi connectivity index (χ2n) is 5.35. The molecule has 1 aromatic carbocycles. The third kappa shape index (κ3) is 3.13. The maximum absolute atomic E-state index is 13.7. The van der Waals surface area contributed by atoms with Crippen LogP contribution in [0.1, 0.15) is 36.5 Å². The van der Waals surface area contributed by atoms with Crippen molar-refractivity contribution in [2.24, 2.45) is 0 Å². The van der Waals surface area contributed by atoms with E-state index < -0.39 is 0 Å². The average molecular weight is 289 g/mol. The third-order valence-electron chi connectivity index (χ3n) is 3.93. The van der Waals surface area contributed by atoms with Crippen molar-refractivity contribution >= 4 is 0 Å². The number of nitrogens with zero attached hydrogens (tertiary/aromatic N) is 3. The molecule has 0 amide bonds. The van der Waals surface area contributed by atoms with E-state index in [-0.39, 0.29) is 5.82 Å². The predicted octanol–water partition coefficient (Wildman–Crippen LogP) is 2.73. The summed E-state index contributed by atoms with van der Waals surface area (Å²) < 4.78 is 21.0.